The predicted octanol–water partition coefficient (Wildman–Crippen LogP) is 4.81. The SMILES string of the molecule is CC1Oc2c(Br)cc(Br)cc2C2CC(c3ccc(F)cc3)=NN2C1=O. The quantitative estimate of drug-likeness (QED) is 0.603. The largest absolute Gasteiger partial charge is 0.479 e. The number of hydrazone groups is 1. The van der Waals surface area contributed by atoms with Crippen LogP contribution in [0.1, 0.15) is 30.5 Å². The lowest BCUT2D eigenvalue weighted by Gasteiger charge is -2.19. The number of benzene rings is 2. The lowest BCUT2D eigenvalue weighted by atomic mass is 9.98. The molecular formula is C18H13Br2FN2O2. The molecule has 2 aromatic rings. The smallest absolute Gasteiger partial charge is 0.283 e. The van der Waals surface area contributed by atoms with Gasteiger partial charge in [-0.1, -0.05) is 28.1 Å². The van der Waals surface area contributed by atoms with Crippen molar-refractivity contribution < 1.29 is 13.9 Å². The zero-order chi connectivity index (χ0) is 17.7. The van der Waals surface area contributed by atoms with Crippen molar-refractivity contribution in [1.82, 2.24) is 5.01 Å². The number of nitrogens with zero attached hydrogens (tertiary/aromatic N) is 2. The molecule has 4 rings (SSSR count). The van der Waals surface area contributed by atoms with Gasteiger partial charge in [0.1, 0.15) is 11.6 Å². The van der Waals surface area contributed by atoms with E-state index in [1.807, 2.05) is 12.1 Å². The van der Waals surface area contributed by atoms with Crippen molar-refractivity contribution in [3.63, 3.8) is 0 Å². The number of hydrogen-bond acceptors (Lipinski definition) is 3. The molecule has 0 aliphatic carbocycles. The van der Waals surface area contributed by atoms with Gasteiger partial charge in [-0.2, -0.15) is 5.10 Å². The van der Waals surface area contributed by atoms with Gasteiger partial charge in [0.05, 0.1) is 16.2 Å². The van der Waals surface area contributed by atoms with Crippen molar-refractivity contribution >= 4 is 43.5 Å². The number of hydrogen-bond donors (Lipinski definition) is 0. The number of ether oxygens (including phenoxy) is 1. The first-order valence-corrected chi connectivity index (χ1v) is 9.34. The molecule has 128 valence electrons. The molecule has 2 atom stereocenters. The second-order valence-electron chi connectivity index (χ2n) is 6.02. The molecule has 4 nitrogen and oxygen atoms in total. The molecule has 2 aliphatic rings. The number of carbonyl (C=O) groups is 1. The van der Waals surface area contributed by atoms with Crippen molar-refractivity contribution in [3.05, 3.63) is 62.3 Å². The monoisotopic (exact) mass is 466 g/mol. The van der Waals surface area contributed by atoms with Crippen LogP contribution in [-0.4, -0.2) is 22.7 Å². The summed E-state index contributed by atoms with van der Waals surface area (Å²) in [6, 6.07) is 9.76. The number of fused-ring (bicyclic) bond motifs is 3. The normalized spacial score (nSPS) is 22.0. The van der Waals surface area contributed by atoms with E-state index in [-0.39, 0.29) is 17.8 Å². The summed E-state index contributed by atoms with van der Waals surface area (Å²) in [7, 11) is 0. The summed E-state index contributed by atoms with van der Waals surface area (Å²) in [5, 5.41) is 6.02. The van der Waals surface area contributed by atoms with Crippen LogP contribution in [0.25, 0.3) is 0 Å². The summed E-state index contributed by atoms with van der Waals surface area (Å²) >= 11 is 7.01. The predicted molar refractivity (Wildman–Crippen MR) is 99.1 cm³/mol. The van der Waals surface area contributed by atoms with Crippen LogP contribution in [0.3, 0.4) is 0 Å². The standard InChI is InChI=1S/C18H13Br2FN2O2/c1-9-18(24)23-16(13-6-11(19)7-14(20)17(13)25-9)8-15(22-23)10-2-4-12(21)5-3-10/h2-7,9,16H,8H2,1H3. The third-order valence-corrected chi connectivity index (χ3v) is 5.40. The van der Waals surface area contributed by atoms with E-state index in [4.69, 9.17) is 4.74 Å². The molecule has 1 amide bonds. The van der Waals surface area contributed by atoms with Gasteiger partial charge in [0, 0.05) is 16.5 Å². The first kappa shape index (κ1) is 16.7. The average molecular weight is 468 g/mol. The Morgan fingerprint density at radius 1 is 1.24 bits per heavy atom. The third kappa shape index (κ3) is 2.89. The number of amides is 1. The number of halogens is 3. The molecule has 0 bridgehead atoms. The minimum absolute atomic E-state index is 0.193. The van der Waals surface area contributed by atoms with Crippen LogP contribution in [0.5, 0.6) is 5.75 Å². The Labute approximate surface area is 160 Å². The van der Waals surface area contributed by atoms with Crippen LogP contribution in [0.4, 0.5) is 4.39 Å². The van der Waals surface area contributed by atoms with Gasteiger partial charge in [0.2, 0.25) is 0 Å². The second-order valence-corrected chi connectivity index (χ2v) is 7.79. The van der Waals surface area contributed by atoms with E-state index in [9.17, 15) is 9.18 Å². The van der Waals surface area contributed by atoms with E-state index >= 15 is 0 Å². The highest BCUT2D eigenvalue weighted by Crippen LogP contribution is 2.45. The molecule has 0 saturated carbocycles. The van der Waals surface area contributed by atoms with E-state index in [1.54, 1.807) is 19.1 Å². The van der Waals surface area contributed by atoms with E-state index in [0.717, 1.165) is 25.8 Å². The van der Waals surface area contributed by atoms with Crippen LogP contribution < -0.4 is 4.74 Å². The Kier molecular flexibility index (Phi) is 4.16. The maximum absolute atomic E-state index is 13.2. The second kappa shape index (κ2) is 6.21. The molecule has 0 radical (unpaired) electrons. The Morgan fingerprint density at radius 2 is 1.96 bits per heavy atom. The zero-order valence-corrected chi connectivity index (χ0v) is 16.3. The van der Waals surface area contributed by atoms with Crippen LogP contribution in [0.2, 0.25) is 0 Å². The molecule has 7 heteroatoms. The molecule has 25 heavy (non-hydrogen) atoms. The van der Waals surface area contributed by atoms with E-state index in [0.29, 0.717) is 12.2 Å². The zero-order valence-electron chi connectivity index (χ0n) is 13.2. The lowest BCUT2D eigenvalue weighted by Crippen LogP contribution is -2.34. The molecular weight excluding hydrogens is 455 g/mol. The molecule has 2 unspecified atom stereocenters. The summed E-state index contributed by atoms with van der Waals surface area (Å²) in [4.78, 5) is 12.7. The number of rotatable bonds is 1. The van der Waals surface area contributed by atoms with Gasteiger partial charge in [-0.05, 0) is 52.7 Å². The molecule has 0 saturated heterocycles. The minimum atomic E-state index is -0.641. The average Bonchev–Trinajstić information content (AvgIpc) is 2.98. The van der Waals surface area contributed by atoms with Crippen LogP contribution in [0.15, 0.2) is 50.4 Å². The number of carbonyl (C=O) groups excluding carboxylic acids is 1. The van der Waals surface area contributed by atoms with Gasteiger partial charge in [-0.15, -0.1) is 0 Å². The minimum Gasteiger partial charge on any atom is -0.479 e. The fourth-order valence-electron chi connectivity index (χ4n) is 3.14. The third-order valence-electron chi connectivity index (χ3n) is 4.35. The molecule has 0 spiro atoms. The van der Waals surface area contributed by atoms with Gasteiger partial charge in [-0.25, -0.2) is 9.40 Å². The Bertz CT molecular complexity index is 899. The molecule has 0 aromatic heterocycles. The lowest BCUT2D eigenvalue weighted by molar-refractivity contribution is -0.138. The van der Waals surface area contributed by atoms with Gasteiger partial charge < -0.3 is 4.74 Å². The van der Waals surface area contributed by atoms with E-state index < -0.39 is 6.10 Å². The highest BCUT2D eigenvalue weighted by atomic mass is 79.9. The van der Waals surface area contributed by atoms with Gasteiger partial charge in [0.15, 0.2) is 6.10 Å². The highest BCUT2D eigenvalue weighted by molar-refractivity contribution is 9.11. The summed E-state index contributed by atoms with van der Waals surface area (Å²) in [6.07, 6.45) is -0.0962. The first-order valence-electron chi connectivity index (χ1n) is 7.76. The van der Waals surface area contributed by atoms with Crippen molar-refractivity contribution in [1.29, 1.82) is 0 Å². The Balaban J connectivity index is 1.81. The van der Waals surface area contributed by atoms with Crippen molar-refractivity contribution in [2.24, 2.45) is 5.10 Å². The molecule has 2 aromatic carbocycles. The van der Waals surface area contributed by atoms with E-state index in [2.05, 4.69) is 37.0 Å². The maximum Gasteiger partial charge on any atom is 0.283 e. The molecule has 0 fully saturated rings. The van der Waals surface area contributed by atoms with Gasteiger partial charge in [-0.3, -0.25) is 4.79 Å². The van der Waals surface area contributed by atoms with Gasteiger partial charge >= 0.3 is 0 Å². The Morgan fingerprint density at radius 3 is 2.68 bits per heavy atom. The van der Waals surface area contributed by atoms with Crippen LogP contribution >= 0.6 is 31.9 Å². The first-order chi connectivity index (χ1) is 11.9. The molecule has 2 aliphatic heterocycles. The fourth-order valence-corrected chi connectivity index (χ4v) is 4.49. The summed E-state index contributed by atoms with van der Waals surface area (Å²) < 4.78 is 20.7. The van der Waals surface area contributed by atoms with Crippen molar-refractivity contribution in [3.8, 4) is 5.75 Å². The topological polar surface area (TPSA) is 41.9 Å². The summed E-state index contributed by atoms with van der Waals surface area (Å²) in [5.41, 5.74) is 2.46. The summed E-state index contributed by atoms with van der Waals surface area (Å²) in [6.45, 7) is 1.72. The van der Waals surface area contributed by atoms with Gasteiger partial charge in [0.25, 0.3) is 5.91 Å². The molecule has 2 heterocycles. The maximum atomic E-state index is 13.2. The van der Waals surface area contributed by atoms with Crippen molar-refractivity contribution in [2.75, 3.05) is 0 Å². The highest BCUT2D eigenvalue weighted by Gasteiger charge is 2.41. The Hall–Kier alpha value is -1.73. The van der Waals surface area contributed by atoms with Crippen molar-refractivity contribution in [2.45, 2.75) is 25.5 Å². The van der Waals surface area contributed by atoms with Crippen LogP contribution in [0, 0.1) is 5.82 Å². The molecule has 0 N–H and O–H groups in total. The summed E-state index contributed by atoms with van der Waals surface area (Å²) in [5.74, 6) is 0.168. The van der Waals surface area contributed by atoms with E-state index in [1.165, 1.54) is 17.1 Å². The fraction of sp³-hybridized carbons (Fsp3) is 0.222. The van der Waals surface area contributed by atoms with Crippen LogP contribution in [-0.2, 0) is 4.79 Å².